The third kappa shape index (κ3) is 1.76. The molecule has 3 nitrogen and oxygen atoms in total. The number of nitrogens with two attached hydrogens (primary N) is 1. The molecule has 13 heavy (non-hydrogen) atoms. The first-order valence-corrected chi connectivity index (χ1v) is 4.28. The monoisotopic (exact) mass is 267 g/mol. The lowest BCUT2D eigenvalue weighted by atomic mass is 10.2. The first-order valence-electron chi connectivity index (χ1n) is 3.11. The van der Waals surface area contributed by atoms with Gasteiger partial charge in [0.2, 0.25) is 0 Å². The molecule has 3 N–H and O–H groups in total. The Hall–Kier alpha value is -0.810. The van der Waals surface area contributed by atoms with Gasteiger partial charge in [-0.2, -0.15) is 0 Å². The minimum absolute atomic E-state index is 0.156. The summed E-state index contributed by atoms with van der Waals surface area (Å²) in [6.07, 6.45) is 0. The molecular weight excluding hydrogens is 264 g/mol. The van der Waals surface area contributed by atoms with Crippen LogP contribution in [-0.4, -0.2) is 11.1 Å². The maximum absolute atomic E-state index is 13.0. The number of carboxylic acid groups (broad SMARTS) is 1. The molecule has 0 aliphatic carbocycles. The average Bonchev–Trinajstić information content (AvgIpc) is 1.99. The van der Waals surface area contributed by atoms with E-state index in [9.17, 15) is 9.18 Å². The van der Waals surface area contributed by atoms with Gasteiger partial charge in [0.1, 0.15) is 0 Å². The third-order valence-corrected chi connectivity index (χ3v) is 2.32. The molecule has 70 valence electrons. The zero-order chi connectivity index (χ0) is 10.2. The molecule has 1 aromatic rings. The molecule has 0 fully saturated rings. The molecule has 6 heteroatoms. The molecule has 0 saturated heterocycles. The molecule has 0 aromatic heterocycles. The van der Waals surface area contributed by atoms with Crippen molar-refractivity contribution in [1.82, 2.24) is 0 Å². The van der Waals surface area contributed by atoms with Crippen LogP contribution in [0.3, 0.4) is 0 Å². The average molecular weight is 268 g/mol. The van der Waals surface area contributed by atoms with Crippen molar-refractivity contribution >= 4 is 39.2 Å². The van der Waals surface area contributed by atoms with E-state index in [1.165, 1.54) is 0 Å². The second-order valence-electron chi connectivity index (χ2n) is 2.25. The SMILES string of the molecule is Nc1c(F)c(Cl)cc(Br)c1C(=O)O. The lowest BCUT2D eigenvalue weighted by Crippen LogP contribution is -2.06. The van der Waals surface area contributed by atoms with E-state index >= 15 is 0 Å². The van der Waals surface area contributed by atoms with Crippen LogP contribution < -0.4 is 5.73 Å². The number of hydrogen-bond donors (Lipinski definition) is 2. The Labute approximate surface area is 86.4 Å². The highest BCUT2D eigenvalue weighted by molar-refractivity contribution is 9.10. The van der Waals surface area contributed by atoms with Gasteiger partial charge in [-0.25, -0.2) is 9.18 Å². The lowest BCUT2D eigenvalue weighted by Gasteiger charge is -2.05. The predicted molar refractivity (Wildman–Crippen MR) is 50.5 cm³/mol. The van der Waals surface area contributed by atoms with Gasteiger partial charge in [-0.05, 0) is 22.0 Å². The van der Waals surface area contributed by atoms with Crippen LogP contribution >= 0.6 is 27.5 Å². The Morgan fingerprint density at radius 3 is 2.69 bits per heavy atom. The van der Waals surface area contributed by atoms with Crippen LogP contribution in [-0.2, 0) is 0 Å². The normalized spacial score (nSPS) is 10.1. The number of rotatable bonds is 1. The van der Waals surface area contributed by atoms with E-state index in [4.69, 9.17) is 22.4 Å². The van der Waals surface area contributed by atoms with Crippen molar-refractivity contribution in [3.05, 3.63) is 26.9 Å². The zero-order valence-electron chi connectivity index (χ0n) is 6.14. The van der Waals surface area contributed by atoms with Crippen molar-refractivity contribution in [2.45, 2.75) is 0 Å². The molecule has 1 rings (SSSR count). The minimum atomic E-state index is -1.31. The predicted octanol–water partition coefficient (Wildman–Crippen LogP) is 2.52. The zero-order valence-corrected chi connectivity index (χ0v) is 8.49. The summed E-state index contributed by atoms with van der Waals surface area (Å²) in [5.74, 6) is -2.22. The molecule has 0 heterocycles. The van der Waals surface area contributed by atoms with E-state index < -0.39 is 17.5 Å². The summed E-state index contributed by atoms with van der Waals surface area (Å²) in [7, 11) is 0. The fourth-order valence-electron chi connectivity index (χ4n) is 0.831. The second kappa shape index (κ2) is 3.51. The highest BCUT2D eigenvalue weighted by Gasteiger charge is 2.18. The van der Waals surface area contributed by atoms with Crippen molar-refractivity contribution in [1.29, 1.82) is 0 Å². The first kappa shape index (κ1) is 10.3. The molecule has 0 saturated carbocycles. The fraction of sp³-hybridized carbons (Fsp3) is 0. The molecule has 0 spiro atoms. The van der Waals surface area contributed by atoms with E-state index in [0.717, 1.165) is 6.07 Å². The molecule has 0 aliphatic heterocycles. The topological polar surface area (TPSA) is 63.3 Å². The van der Waals surface area contributed by atoms with Gasteiger partial charge < -0.3 is 10.8 Å². The summed E-state index contributed by atoms with van der Waals surface area (Å²) in [4.78, 5) is 10.6. The van der Waals surface area contributed by atoms with Gasteiger partial charge in [-0.3, -0.25) is 0 Å². The Balaban J connectivity index is 3.53. The minimum Gasteiger partial charge on any atom is -0.478 e. The smallest absolute Gasteiger partial charge is 0.339 e. The second-order valence-corrected chi connectivity index (χ2v) is 3.51. The van der Waals surface area contributed by atoms with E-state index in [1.807, 2.05) is 0 Å². The number of halogens is 3. The van der Waals surface area contributed by atoms with Crippen molar-refractivity contribution < 1.29 is 14.3 Å². The maximum atomic E-state index is 13.0. The van der Waals surface area contributed by atoms with Crippen molar-refractivity contribution in [2.75, 3.05) is 5.73 Å². The van der Waals surface area contributed by atoms with Crippen LogP contribution in [0.2, 0.25) is 5.02 Å². The molecule has 1 aromatic carbocycles. The number of carbonyl (C=O) groups is 1. The summed E-state index contributed by atoms with van der Waals surface area (Å²) in [6.45, 7) is 0. The number of hydrogen-bond acceptors (Lipinski definition) is 2. The molecular formula is C7H4BrClFNO2. The van der Waals surface area contributed by atoms with E-state index in [2.05, 4.69) is 15.9 Å². The van der Waals surface area contributed by atoms with Gasteiger partial charge in [-0.15, -0.1) is 0 Å². The summed E-state index contributed by atoms with van der Waals surface area (Å²) in [6, 6.07) is 1.15. The Morgan fingerprint density at radius 1 is 1.69 bits per heavy atom. The van der Waals surface area contributed by atoms with Crippen molar-refractivity contribution in [3.63, 3.8) is 0 Å². The van der Waals surface area contributed by atoms with Gasteiger partial charge in [0.25, 0.3) is 0 Å². The number of nitrogen functional groups attached to an aromatic ring is 1. The number of benzene rings is 1. The van der Waals surface area contributed by atoms with Crippen LogP contribution in [0.4, 0.5) is 10.1 Å². The number of carboxylic acids is 1. The molecule has 0 amide bonds. The lowest BCUT2D eigenvalue weighted by molar-refractivity contribution is 0.0696. The summed E-state index contributed by atoms with van der Waals surface area (Å²) in [5.41, 5.74) is 4.43. The Morgan fingerprint density at radius 2 is 2.23 bits per heavy atom. The largest absolute Gasteiger partial charge is 0.478 e. The van der Waals surface area contributed by atoms with Crippen LogP contribution in [0.1, 0.15) is 10.4 Å². The number of aromatic carboxylic acids is 1. The molecule has 0 radical (unpaired) electrons. The van der Waals surface area contributed by atoms with E-state index in [0.29, 0.717) is 0 Å². The standard InChI is InChI=1S/C7H4BrClFNO2/c8-2-1-3(9)5(10)6(11)4(2)7(12)13/h1H,11H2,(H,12,13). The summed E-state index contributed by atoms with van der Waals surface area (Å²) >= 11 is 8.34. The van der Waals surface area contributed by atoms with Gasteiger partial charge in [0.05, 0.1) is 16.3 Å². The van der Waals surface area contributed by atoms with Crippen LogP contribution in [0.5, 0.6) is 0 Å². The molecule has 0 atom stereocenters. The van der Waals surface area contributed by atoms with Crippen LogP contribution in [0.15, 0.2) is 10.5 Å². The van der Waals surface area contributed by atoms with Crippen molar-refractivity contribution in [3.8, 4) is 0 Å². The maximum Gasteiger partial charge on any atom is 0.339 e. The molecule has 0 unspecified atom stereocenters. The molecule has 0 aliphatic rings. The summed E-state index contributed by atoms with van der Waals surface area (Å²) in [5, 5.41) is 8.43. The van der Waals surface area contributed by atoms with Gasteiger partial charge in [0, 0.05) is 4.47 Å². The highest BCUT2D eigenvalue weighted by Crippen LogP contribution is 2.30. The molecule has 0 bridgehead atoms. The van der Waals surface area contributed by atoms with E-state index in [-0.39, 0.29) is 15.1 Å². The van der Waals surface area contributed by atoms with Crippen LogP contribution in [0.25, 0.3) is 0 Å². The van der Waals surface area contributed by atoms with Gasteiger partial charge in [-0.1, -0.05) is 11.6 Å². The quantitative estimate of drug-likeness (QED) is 0.607. The van der Waals surface area contributed by atoms with E-state index in [1.54, 1.807) is 0 Å². The third-order valence-electron chi connectivity index (χ3n) is 1.42. The van der Waals surface area contributed by atoms with Crippen molar-refractivity contribution in [2.24, 2.45) is 0 Å². The Bertz CT molecular complexity index is 383. The Kier molecular flexibility index (Phi) is 2.77. The van der Waals surface area contributed by atoms with Gasteiger partial charge in [0.15, 0.2) is 5.82 Å². The highest BCUT2D eigenvalue weighted by atomic mass is 79.9. The van der Waals surface area contributed by atoms with Gasteiger partial charge >= 0.3 is 5.97 Å². The number of anilines is 1. The van der Waals surface area contributed by atoms with Crippen LogP contribution in [0, 0.1) is 5.82 Å². The summed E-state index contributed by atoms with van der Waals surface area (Å²) < 4.78 is 13.1. The fourth-order valence-corrected chi connectivity index (χ4v) is 1.79. The first-order chi connectivity index (χ1) is 5.95.